The topological polar surface area (TPSA) is 72.6 Å². The number of hydrogen-bond donors (Lipinski definition) is 1. The van der Waals surface area contributed by atoms with Crippen molar-refractivity contribution in [3.63, 3.8) is 0 Å². The van der Waals surface area contributed by atoms with Gasteiger partial charge >= 0.3 is 0 Å². The van der Waals surface area contributed by atoms with Crippen molar-refractivity contribution in [3.8, 4) is 0 Å². The average Bonchev–Trinajstić information content (AvgIpc) is 2.42. The highest BCUT2D eigenvalue weighted by Crippen LogP contribution is 2.26. The SMILES string of the molecule is COC1CCCN(S(=O)(=O)c2cc(N)cc(F)c2F)C1. The zero-order valence-electron chi connectivity index (χ0n) is 11.0. The number of rotatable bonds is 3. The van der Waals surface area contributed by atoms with E-state index in [1.165, 1.54) is 7.11 Å². The predicted octanol–water partition coefficient (Wildman–Crippen LogP) is 1.35. The molecule has 0 amide bonds. The van der Waals surface area contributed by atoms with E-state index in [0.717, 1.165) is 22.9 Å². The van der Waals surface area contributed by atoms with E-state index in [2.05, 4.69) is 0 Å². The largest absolute Gasteiger partial charge is 0.399 e. The number of anilines is 1. The monoisotopic (exact) mass is 306 g/mol. The first-order valence-electron chi connectivity index (χ1n) is 6.13. The van der Waals surface area contributed by atoms with Crippen molar-refractivity contribution in [1.82, 2.24) is 4.31 Å². The van der Waals surface area contributed by atoms with Gasteiger partial charge in [0, 0.05) is 25.9 Å². The first kappa shape index (κ1) is 15.1. The summed E-state index contributed by atoms with van der Waals surface area (Å²) in [4.78, 5) is -0.730. The minimum atomic E-state index is -4.12. The molecule has 0 bridgehead atoms. The summed E-state index contributed by atoms with van der Waals surface area (Å²) in [6.45, 7) is 0.368. The van der Waals surface area contributed by atoms with Gasteiger partial charge in [-0.2, -0.15) is 4.31 Å². The summed E-state index contributed by atoms with van der Waals surface area (Å²) in [5.74, 6) is -2.68. The van der Waals surface area contributed by atoms with E-state index in [1.54, 1.807) is 0 Å². The Hall–Kier alpha value is -1.25. The molecule has 0 aliphatic carbocycles. The maximum Gasteiger partial charge on any atom is 0.246 e. The molecule has 0 aromatic heterocycles. The van der Waals surface area contributed by atoms with Gasteiger partial charge in [-0.1, -0.05) is 0 Å². The van der Waals surface area contributed by atoms with Gasteiger partial charge in [0.15, 0.2) is 11.6 Å². The van der Waals surface area contributed by atoms with E-state index in [0.29, 0.717) is 6.42 Å². The van der Waals surface area contributed by atoms with Crippen LogP contribution in [0.3, 0.4) is 0 Å². The molecule has 1 aromatic rings. The van der Waals surface area contributed by atoms with E-state index in [-0.39, 0.29) is 24.9 Å². The van der Waals surface area contributed by atoms with E-state index < -0.39 is 26.6 Å². The minimum Gasteiger partial charge on any atom is -0.399 e. The minimum absolute atomic E-state index is 0.120. The lowest BCUT2D eigenvalue weighted by molar-refractivity contribution is 0.0571. The molecule has 1 heterocycles. The molecule has 1 atom stereocenters. The quantitative estimate of drug-likeness (QED) is 0.856. The van der Waals surface area contributed by atoms with Crippen molar-refractivity contribution in [2.24, 2.45) is 0 Å². The molecule has 1 aliphatic heterocycles. The van der Waals surface area contributed by atoms with Gasteiger partial charge < -0.3 is 10.5 Å². The Morgan fingerprint density at radius 1 is 1.40 bits per heavy atom. The molecule has 20 heavy (non-hydrogen) atoms. The second-order valence-electron chi connectivity index (χ2n) is 4.68. The molecule has 1 saturated heterocycles. The van der Waals surface area contributed by atoms with E-state index >= 15 is 0 Å². The standard InChI is InChI=1S/C12H16F2N2O3S/c1-19-9-3-2-4-16(7-9)20(17,18)11-6-8(15)5-10(13)12(11)14/h5-6,9H,2-4,7,15H2,1H3. The Bertz CT molecular complexity index is 607. The van der Waals surface area contributed by atoms with Crippen LogP contribution in [0, 0.1) is 11.6 Å². The summed E-state index contributed by atoms with van der Waals surface area (Å²) >= 11 is 0. The lowest BCUT2D eigenvalue weighted by Crippen LogP contribution is -2.43. The van der Waals surface area contributed by atoms with Crippen LogP contribution < -0.4 is 5.73 Å². The fourth-order valence-electron chi connectivity index (χ4n) is 2.23. The third-order valence-electron chi connectivity index (χ3n) is 3.31. The molecule has 1 fully saturated rings. The summed E-state index contributed by atoms with van der Waals surface area (Å²) in [6.07, 6.45) is 1.09. The van der Waals surface area contributed by atoms with Crippen LogP contribution in [0.2, 0.25) is 0 Å². The van der Waals surface area contributed by atoms with E-state index in [9.17, 15) is 17.2 Å². The molecule has 1 unspecified atom stereocenters. The molecule has 0 spiro atoms. The molecule has 1 aromatic carbocycles. The van der Waals surface area contributed by atoms with Gasteiger partial charge in [0.05, 0.1) is 6.10 Å². The molecule has 2 rings (SSSR count). The Balaban J connectivity index is 2.40. The van der Waals surface area contributed by atoms with Gasteiger partial charge in [0.1, 0.15) is 4.90 Å². The fourth-order valence-corrected chi connectivity index (χ4v) is 3.85. The van der Waals surface area contributed by atoms with E-state index in [4.69, 9.17) is 10.5 Å². The van der Waals surface area contributed by atoms with Crippen molar-refractivity contribution in [3.05, 3.63) is 23.8 Å². The molecular formula is C12H16F2N2O3S. The first-order chi connectivity index (χ1) is 9.36. The molecule has 0 radical (unpaired) electrons. The molecule has 5 nitrogen and oxygen atoms in total. The molecule has 1 aliphatic rings. The van der Waals surface area contributed by atoms with Crippen LogP contribution in [0.25, 0.3) is 0 Å². The number of nitrogens with two attached hydrogens (primary N) is 1. The van der Waals surface area contributed by atoms with Gasteiger partial charge in [-0.15, -0.1) is 0 Å². The molecule has 8 heteroatoms. The number of benzene rings is 1. The van der Waals surface area contributed by atoms with E-state index in [1.807, 2.05) is 0 Å². The molecule has 2 N–H and O–H groups in total. The normalized spacial score (nSPS) is 21.1. The average molecular weight is 306 g/mol. The maximum atomic E-state index is 13.7. The highest BCUT2D eigenvalue weighted by molar-refractivity contribution is 7.89. The van der Waals surface area contributed by atoms with Crippen LogP contribution >= 0.6 is 0 Å². The predicted molar refractivity (Wildman–Crippen MR) is 69.6 cm³/mol. The third kappa shape index (κ3) is 2.77. The molecular weight excluding hydrogens is 290 g/mol. The summed E-state index contributed by atoms with van der Waals surface area (Å²) in [5, 5.41) is 0. The summed E-state index contributed by atoms with van der Waals surface area (Å²) < 4.78 is 58.1. The highest BCUT2D eigenvalue weighted by Gasteiger charge is 2.33. The number of nitrogen functional groups attached to an aromatic ring is 1. The zero-order valence-corrected chi connectivity index (χ0v) is 11.8. The lowest BCUT2D eigenvalue weighted by Gasteiger charge is -2.31. The second kappa shape index (κ2) is 5.63. The Morgan fingerprint density at radius 3 is 2.75 bits per heavy atom. The van der Waals surface area contributed by atoms with Crippen molar-refractivity contribution in [2.75, 3.05) is 25.9 Å². The smallest absolute Gasteiger partial charge is 0.246 e. The number of piperidine rings is 1. The third-order valence-corrected chi connectivity index (χ3v) is 5.17. The number of sulfonamides is 1. The molecule has 112 valence electrons. The first-order valence-corrected chi connectivity index (χ1v) is 7.57. The Kier molecular flexibility index (Phi) is 4.26. The van der Waals surface area contributed by atoms with Gasteiger partial charge in [-0.25, -0.2) is 17.2 Å². The second-order valence-corrected chi connectivity index (χ2v) is 6.58. The number of halogens is 2. The number of methoxy groups -OCH3 is 1. The van der Waals surface area contributed by atoms with Gasteiger partial charge in [0.2, 0.25) is 10.0 Å². The number of ether oxygens (including phenoxy) is 1. The Morgan fingerprint density at radius 2 is 2.10 bits per heavy atom. The van der Waals surface area contributed by atoms with Gasteiger partial charge in [-0.3, -0.25) is 0 Å². The highest BCUT2D eigenvalue weighted by atomic mass is 32.2. The fraction of sp³-hybridized carbons (Fsp3) is 0.500. The summed E-state index contributed by atoms with van der Waals surface area (Å²) in [7, 11) is -2.63. The molecule has 0 saturated carbocycles. The Labute approximate surface area is 116 Å². The van der Waals surface area contributed by atoms with Crippen LogP contribution in [-0.4, -0.2) is 39.0 Å². The maximum absolute atomic E-state index is 13.7. The van der Waals surface area contributed by atoms with Gasteiger partial charge in [-0.05, 0) is 25.0 Å². The summed E-state index contributed by atoms with van der Waals surface area (Å²) in [5.41, 5.74) is 5.26. The number of hydrogen-bond acceptors (Lipinski definition) is 4. The van der Waals surface area contributed by atoms with Crippen LogP contribution in [0.15, 0.2) is 17.0 Å². The van der Waals surface area contributed by atoms with Crippen molar-refractivity contribution >= 4 is 15.7 Å². The van der Waals surface area contributed by atoms with Crippen molar-refractivity contribution < 1.29 is 21.9 Å². The van der Waals surface area contributed by atoms with Crippen LogP contribution in [0.4, 0.5) is 14.5 Å². The zero-order chi connectivity index (χ0) is 14.9. The van der Waals surface area contributed by atoms with Crippen LogP contribution in [0.5, 0.6) is 0 Å². The van der Waals surface area contributed by atoms with Gasteiger partial charge in [0.25, 0.3) is 0 Å². The number of nitrogens with zero attached hydrogens (tertiary/aromatic N) is 1. The van der Waals surface area contributed by atoms with Crippen molar-refractivity contribution in [1.29, 1.82) is 0 Å². The summed E-state index contributed by atoms with van der Waals surface area (Å²) in [6, 6.07) is 1.69. The van der Waals surface area contributed by atoms with Crippen molar-refractivity contribution in [2.45, 2.75) is 23.8 Å². The van der Waals surface area contributed by atoms with Crippen LogP contribution in [0.1, 0.15) is 12.8 Å². The van der Waals surface area contributed by atoms with Crippen LogP contribution in [-0.2, 0) is 14.8 Å². The lowest BCUT2D eigenvalue weighted by atomic mass is 10.1.